The van der Waals surface area contributed by atoms with E-state index in [-0.39, 0.29) is 12.2 Å². The number of hydrogen-bond acceptors (Lipinski definition) is 2. The molecule has 0 saturated heterocycles. The fourth-order valence-electron chi connectivity index (χ4n) is 3.05. The second-order valence-corrected chi connectivity index (χ2v) is 6.17. The largest absolute Gasteiger partial charge is 0.446 e. The van der Waals surface area contributed by atoms with Crippen LogP contribution in [0.3, 0.4) is 0 Å². The van der Waals surface area contributed by atoms with Gasteiger partial charge in [0, 0.05) is 12.7 Å². The van der Waals surface area contributed by atoms with E-state index >= 15 is 0 Å². The Bertz CT molecular complexity index is 373. The van der Waals surface area contributed by atoms with Crippen LogP contribution in [0.15, 0.2) is 24.4 Å². The lowest BCUT2D eigenvalue weighted by Crippen LogP contribution is -2.39. The van der Waals surface area contributed by atoms with E-state index in [1.807, 2.05) is 18.2 Å². The van der Waals surface area contributed by atoms with Crippen LogP contribution in [0.5, 0.6) is 0 Å². The average Bonchev–Trinajstić information content (AvgIpc) is 2.39. The summed E-state index contributed by atoms with van der Waals surface area (Å²) in [6, 6.07) is 0. The zero-order valence-corrected chi connectivity index (χ0v) is 12.2. The third-order valence-corrected chi connectivity index (χ3v) is 4.26. The minimum absolute atomic E-state index is 0.0792. The van der Waals surface area contributed by atoms with Crippen LogP contribution in [0.25, 0.3) is 0 Å². The molecule has 1 aliphatic carbocycles. The van der Waals surface area contributed by atoms with Gasteiger partial charge in [-0.05, 0) is 36.7 Å². The third kappa shape index (κ3) is 3.62. The van der Waals surface area contributed by atoms with Crippen molar-refractivity contribution in [3.05, 3.63) is 24.4 Å². The first-order valence-corrected chi connectivity index (χ1v) is 7.38. The van der Waals surface area contributed by atoms with Crippen molar-refractivity contribution < 1.29 is 9.53 Å². The highest BCUT2D eigenvalue weighted by Gasteiger charge is 2.34. The first-order valence-electron chi connectivity index (χ1n) is 7.38. The highest BCUT2D eigenvalue weighted by atomic mass is 16.6. The maximum atomic E-state index is 12.2. The second kappa shape index (κ2) is 6.27. The van der Waals surface area contributed by atoms with Crippen molar-refractivity contribution in [1.29, 1.82) is 0 Å². The van der Waals surface area contributed by atoms with E-state index < -0.39 is 0 Å². The van der Waals surface area contributed by atoms with Gasteiger partial charge < -0.3 is 4.74 Å². The minimum atomic E-state index is -0.203. The lowest BCUT2D eigenvalue weighted by molar-refractivity contribution is -0.00436. The zero-order chi connectivity index (χ0) is 13.8. The van der Waals surface area contributed by atoms with Gasteiger partial charge in [0.05, 0.1) is 0 Å². The molecule has 3 nitrogen and oxygen atoms in total. The maximum absolute atomic E-state index is 12.2. The zero-order valence-electron chi connectivity index (χ0n) is 12.2. The Morgan fingerprint density at radius 3 is 2.74 bits per heavy atom. The molecule has 0 radical (unpaired) electrons. The van der Waals surface area contributed by atoms with E-state index in [0.29, 0.717) is 24.3 Å². The molecule has 1 amide bonds. The molecule has 0 bridgehead atoms. The van der Waals surface area contributed by atoms with Crippen LogP contribution in [-0.4, -0.2) is 23.6 Å². The van der Waals surface area contributed by atoms with Crippen LogP contribution < -0.4 is 0 Å². The predicted molar refractivity (Wildman–Crippen MR) is 76.6 cm³/mol. The van der Waals surface area contributed by atoms with E-state index in [1.165, 1.54) is 12.8 Å². The summed E-state index contributed by atoms with van der Waals surface area (Å²) in [4.78, 5) is 13.8. The van der Waals surface area contributed by atoms with Gasteiger partial charge in [0.25, 0.3) is 0 Å². The number of ether oxygens (including phenoxy) is 1. The van der Waals surface area contributed by atoms with Crippen molar-refractivity contribution in [1.82, 2.24) is 4.90 Å². The Morgan fingerprint density at radius 2 is 2.11 bits per heavy atom. The van der Waals surface area contributed by atoms with Crippen LogP contribution in [-0.2, 0) is 4.74 Å². The van der Waals surface area contributed by atoms with Crippen LogP contribution in [0, 0.1) is 17.8 Å². The molecule has 19 heavy (non-hydrogen) atoms. The molecule has 1 fully saturated rings. The van der Waals surface area contributed by atoms with Gasteiger partial charge >= 0.3 is 6.09 Å². The average molecular weight is 263 g/mol. The van der Waals surface area contributed by atoms with E-state index in [2.05, 4.69) is 20.8 Å². The molecule has 0 aromatic carbocycles. The van der Waals surface area contributed by atoms with Gasteiger partial charge in [-0.2, -0.15) is 0 Å². The number of carbonyl (C=O) groups excluding carboxylic acids is 1. The summed E-state index contributed by atoms with van der Waals surface area (Å²) in [5, 5.41) is 0. The van der Waals surface area contributed by atoms with Gasteiger partial charge in [0.2, 0.25) is 0 Å². The fourth-order valence-corrected chi connectivity index (χ4v) is 3.05. The second-order valence-electron chi connectivity index (χ2n) is 6.17. The van der Waals surface area contributed by atoms with E-state index in [0.717, 1.165) is 6.42 Å². The summed E-state index contributed by atoms with van der Waals surface area (Å²) in [6.07, 6.45) is 10.9. The van der Waals surface area contributed by atoms with E-state index in [9.17, 15) is 4.79 Å². The molecule has 3 atom stereocenters. The standard InChI is InChI=1S/C16H25NO2/c1-12(2)14-8-7-13(3)11-15(14)19-16(18)17-9-5-4-6-10-17/h4-6,9,12-15H,7-8,10-11H2,1-3H3/t13-,14+,15-/m1/s1. The molecule has 106 valence electrons. The number of hydrogen-bond donors (Lipinski definition) is 0. The van der Waals surface area contributed by atoms with Gasteiger partial charge in [-0.15, -0.1) is 0 Å². The monoisotopic (exact) mass is 263 g/mol. The number of carbonyl (C=O) groups is 1. The summed E-state index contributed by atoms with van der Waals surface area (Å²) in [6.45, 7) is 7.32. The van der Waals surface area contributed by atoms with Crippen molar-refractivity contribution >= 4 is 6.09 Å². The van der Waals surface area contributed by atoms with Gasteiger partial charge in [0.1, 0.15) is 6.10 Å². The lowest BCUT2D eigenvalue weighted by Gasteiger charge is -2.37. The molecule has 0 unspecified atom stereocenters. The Morgan fingerprint density at radius 1 is 1.32 bits per heavy atom. The quantitative estimate of drug-likeness (QED) is 0.754. The van der Waals surface area contributed by atoms with Crippen LogP contribution in [0.4, 0.5) is 4.79 Å². The number of amides is 1. The maximum Gasteiger partial charge on any atom is 0.414 e. The van der Waals surface area contributed by atoms with Crippen LogP contribution in [0.2, 0.25) is 0 Å². The molecule has 3 heteroatoms. The van der Waals surface area contributed by atoms with Crippen LogP contribution in [0.1, 0.15) is 40.0 Å². The van der Waals surface area contributed by atoms with Gasteiger partial charge in [-0.3, -0.25) is 4.90 Å². The SMILES string of the molecule is CC(C)[C@@H]1CC[C@@H](C)C[C@H]1OC(=O)N1C=CC=CC1. The lowest BCUT2D eigenvalue weighted by atomic mass is 9.75. The van der Waals surface area contributed by atoms with E-state index in [4.69, 9.17) is 4.74 Å². The summed E-state index contributed by atoms with van der Waals surface area (Å²) >= 11 is 0. The summed E-state index contributed by atoms with van der Waals surface area (Å²) < 4.78 is 5.78. The van der Waals surface area contributed by atoms with Crippen molar-refractivity contribution in [3.63, 3.8) is 0 Å². The Balaban J connectivity index is 1.96. The van der Waals surface area contributed by atoms with Gasteiger partial charge in [0.15, 0.2) is 0 Å². The first kappa shape index (κ1) is 14.2. The van der Waals surface area contributed by atoms with Crippen LogP contribution >= 0.6 is 0 Å². The molecule has 1 aliphatic heterocycles. The Hall–Kier alpha value is -1.25. The molecule has 1 saturated carbocycles. The van der Waals surface area contributed by atoms with Gasteiger partial charge in [-0.25, -0.2) is 4.79 Å². The van der Waals surface area contributed by atoms with Crippen molar-refractivity contribution in [2.75, 3.05) is 6.54 Å². The number of allylic oxidation sites excluding steroid dienone is 2. The number of rotatable bonds is 2. The van der Waals surface area contributed by atoms with Gasteiger partial charge in [-0.1, -0.05) is 39.3 Å². The Labute approximate surface area is 116 Å². The van der Waals surface area contributed by atoms with Crippen molar-refractivity contribution in [3.8, 4) is 0 Å². The van der Waals surface area contributed by atoms with E-state index in [1.54, 1.807) is 11.1 Å². The molecule has 0 aromatic heterocycles. The molecule has 0 spiro atoms. The molecule has 0 aromatic rings. The fraction of sp³-hybridized carbons (Fsp3) is 0.688. The smallest absolute Gasteiger partial charge is 0.414 e. The summed E-state index contributed by atoms with van der Waals surface area (Å²) in [5.74, 6) is 1.73. The summed E-state index contributed by atoms with van der Waals surface area (Å²) in [7, 11) is 0. The Kier molecular flexibility index (Phi) is 4.67. The summed E-state index contributed by atoms with van der Waals surface area (Å²) in [5.41, 5.74) is 0. The third-order valence-electron chi connectivity index (χ3n) is 4.26. The molecule has 1 heterocycles. The molecule has 2 rings (SSSR count). The first-order chi connectivity index (χ1) is 9.08. The molecule has 2 aliphatic rings. The minimum Gasteiger partial charge on any atom is -0.446 e. The molecule has 0 N–H and O–H groups in total. The molecular weight excluding hydrogens is 238 g/mol. The highest BCUT2D eigenvalue weighted by molar-refractivity contribution is 5.69. The van der Waals surface area contributed by atoms with Crippen molar-refractivity contribution in [2.45, 2.75) is 46.1 Å². The normalized spacial score (nSPS) is 30.7. The van der Waals surface area contributed by atoms with Crippen molar-refractivity contribution in [2.24, 2.45) is 17.8 Å². The molecular formula is C16H25NO2. The predicted octanol–water partition coefficient (Wildman–Crippen LogP) is 3.97. The number of nitrogens with zero attached hydrogens (tertiary/aromatic N) is 1. The topological polar surface area (TPSA) is 29.5 Å². The highest BCUT2D eigenvalue weighted by Crippen LogP contribution is 2.35.